The highest BCUT2D eigenvalue weighted by atomic mass is 33.1. The van der Waals surface area contributed by atoms with Crippen LogP contribution in [0.5, 0.6) is 0 Å². The quantitative estimate of drug-likeness (QED) is 0.0104. The van der Waals surface area contributed by atoms with Crippen LogP contribution in [0, 0.1) is 11.8 Å². The van der Waals surface area contributed by atoms with Crippen molar-refractivity contribution in [3.8, 4) is 11.8 Å². The number of nitrogens with two attached hydrogens (primary N) is 2. The fourth-order valence-corrected chi connectivity index (χ4v) is 13.8. The third-order valence-corrected chi connectivity index (χ3v) is 18.6. The first-order valence-electron chi connectivity index (χ1n) is 23.1. The van der Waals surface area contributed by atoms with Crippen molar-refractivity contribution >= 4 is 113 Å². The Bertz CT molecular complexity index is 2930. The summed E-state index contributed by atoms with van der Waals surface area (Å²) in [6, 6.07) is 11.5. The minimum atomic E-state index is -5.87. The van der Waals surface area contributed by atoms with Crippen molar-refractivity contribution in [1.29, 1.82) is 0 Å². The second kappa shape index (κ2) is 31.2. The van der Waals surface area contributed by atoms with Crippen molar-refractivity contribution in [2.24, 2.45) is 5.73 Å². The molecule has 78 heavy (non-hydrogen) atoms. The molecular weight excluding hydrogens is 1170 g/mol. The van der Waals surface area contributed by atoms with Gasteiger partial charge in [0.25, 0.3) is 0 Å². The van der Waals surface area contributed by atoms with Gasteiger partial charge in [0.1, 0.15) is 56.0 Å². The number of nitrogens with zero attached hydrogens (tertiary/aromatic N) is 3. The van der Waals surface area contributed by atoms with Crippen LogP contribution >= 0.6 is 66.6 Å². The minimum absolute atomic E-state index is 0.00807. The van der Waals surface area contributed by atoms with Gasteiger partial charge in [0.2, 0.25) is 11.8 Å². The zero-order chi connectivity index (χ0) is 57.0. The fourth-order valence-electron chi connectivity index (χ4n) is 7.27. The number of carbonyl (C=O) groups excluding carboxylic acids is 4. The van der Waals surface area contributed by atoms with Crippen molar-refractivity contribution < 1.29 is 94.0 Å². The Labute approximate surface area is 463 Å². The van der Waals surface area contributed by atoms with E-state index in [2.05, 4.69) is 41.1 Å². The number of ether oxygens (including phenoxy) is 6. The van der Waals surface area contributed by atoms with E-state index in [9.17, 15) is 42.7 Å². The normalized spacial score (nSPS) is 17.7. The molecule has 0 spiro atoms. The number of benzene rings is 2. The predicted molar refractivity (Wildman–Crippen MR) is 292 cm³/mol. The van der Waals surface area contributed by atoms with E-state index < -0.39 is 73.0 Å². The SMILES string of the molecule is CSSC(C)c1cc(NC(=O)COCCOCCN)ccc1C(=O)OCCOCC(=O)NCC#Cc1cn([C@H]2CC(OC(=O)c3ccccc3C(C)SSC)[C@@H](COP(=O)(O)OP(=O)(O)OP(=O)(O)O)O2)c2ncnc(N)c12. The summed E-state index contributed by atoms with van der Waals surface area (Å²) in [6.45, 7) is 3.08. The molecule has 0 aliphatic carbocycles. The third-order valence-electron chi connectivity index (χ3n) is 10.5. The molecule has 0 bridgehead atoms. The Morgan fingerprint density at radius 2 is 1.51 bits per heavy atom. The van der Waals surface area contributed by atoms with Crippen LogP contribution in [0.25, 0.3) is 11.0 Å². The van der Waals surface area contributed by atoms with Crippen LogP contribution in [0.3, 0.4) is 0 Å². The van der Waals surface area contributed by atoms with Crippen molar-refractivity contribution in [3.05, 3.63) is 82.8 Å². The summed E-state index contributed by atoms with van der Waals surface area (Å²) >= 11 is 0. The molecule has 3 heterocycles. The number of rotatable bonds is 31. The van der Waals surface area contributed by atoms with Gasteiger partial charge in [0.05, 0.1) is 61.7 Å². The molecule has 0 saturated carbocycles. The van der Waals surface area contributed by atoms with E-state index in [0.29, 0.717) is 36.6 Å². The van der Waals surface area contributed by atoms with Gasteiger partial charge >= 0.3 is 35.4 Å². The topological polar surface area (TPSA) is 390 Å². The summed E-state index contributed by atoms with van der Waals surface area (Å²) in [5.74, 6) is 3.39. The maximum absolute atomic E-state index is 13.8. The number of amides is 2. The number of nitrogen functional groups attached to an aromatic ring is 1. The van der Waals surface area contributed by atoms with E-state index in [4.69, 9.17) is 54.2 Å². The van der Waals surface area contributed by atoms with Gasteiger partial charge in [-0.3, -0.25) is 14.1 Å². The first-order valence-corrected chi connectivity index (χ1v) is 32.8. The fraction of sp³-hybridized carbons (Fsp3) is 0.455. The van der Waals surface area contributed by atoms with Gasteiger partial charge in [-0.05, 0) is 61.8 Å². The summed E-state index contributed by atoms with van der Waals surface area (Å²) in [7, 11) is -11.2. The lowest BCUT2D eigenvalue weighted by Gasteiger charge is -2.22. The monoisotopic (exact) mass is 1230 g/mol. The van der Waals surface area contributed by atoms with Crippen LogP contribution < -0.4 is 22.1 Å². The molecule has 34 heteroatoms. The van der Waals surface area contributed by atoms with Crippen molar-refractivity contribution in [3.63, 3.8) is 0 Å². The smallest absolute Gasteiger partial charge is 0.460 e. The lowest BCUT2D eigenvalue weighted by molar-refractivity contribution is -0.125. The number of esters is 2. The maximum atomic E-state index is 13.8. The highest BCUT2D eigenvalue weighted by Gasteiger charge is 2.45. The number of hydrogen-bond acceptors (Lipinski definition) is 24. The van der Waals surface area contributed by atoms with Crippen LogP contribution in [0.15, 0.2) is 55.0 Å². The summed E-state index contributed by atoms with van der Waals surface area (Å²) in [4.78, 5) is 98.4. The summed E-state index contributed by atoms with van der Waals surface area (Å²) in [5, 5.41) is 5.32. The molecule has 4 aromatic rings. The van der Waals surface area contributed by atoms with Gasteiger partial charge in [-0.25, -0.2) is 33.3 Å². The molecule has 0 radical (unpaired) electrons. The molecule has 5 unspecified atom stereocenters. The summed E-state index contributed by atoms with van der Waals surface area (Å²) < 4.78 is 83.6. The number of carbonyl (C=O) groups is 4. The highest BCUT2D eigenvalue weighted by Crippen LogP contribution is 2.66. The predicted octanol–water partition coefficient (Wildman–Crippen LogP) is 5.29. The van der Waals surface area contributed by atoms with Gasteiger partial charge in [-0.1, -0.05) is 73.2 Å². The molecule has 10 N–H and O–H groups in total. The molecule has 2 amide bonds. The van der Waals surface area contributed by atoms with Crippen LogP contribution in [0.1, 0.15) is 74.4 Å². The number of phosphoric ester groups is 1. The van der Waals surface area contributed by atoms with E-state index in [1.807, 2.05) is 26.4 Å². The molecule has 2 aromatic carbocycles. The standard InChI is InChI=1S/C44H58N7O20P3S4/c1-27(77-75-3)31-9-5-6-10-32(31)44(55)69-35-21-39(68-36(35)23-67-73(59,60)71-74(61,62)70-72(56,57)58)51-22-29(40-41(46)48-26-49-42(40)51)8-7-14-47-37(52)24-65-18-19-66-43(54)33-12-11-30(20-34(33)28(2)78-76-4)50-38(53)25-64-17-16-63-15-13-45/h5-6,9-12,20,22,26-28,35-36,39H,13-19,21,23-25,45H2,1-4H3,(H,47,52)(H,50,53)(H,59,60)(H,61,62)(H2,46,48,49)(H2,56,57,58)/t27?,28?,35?,36-,39-/m1/s1. The maximum Gasteiger partial charge on any atom is 0.490 e. The van der Waals surface area contributed by atoms with Crippen molar-refractivity contribution in [1.82, 2.24) is 19.9 Å². The van der Waals surface area contributed by atoms with Crippen molar-refractivity contribution in [2.75, 3.05) is 89.5 Å². The Hall–Kier alpha value is -4.09. The first-order chi connectivity index (χ1) is 37.0. The lowest BCUT2D eigenvalue weighted by Crippen LogP contribution is -2.31. The number of aromatic nitrogens is 3. The molecule has 5 rings (SSSR count). The molecule has 428 valence electrons. The largest absolute Gasteiger partial charge is 0.490 e. The van der Waals surface area contributed by atoms with Crippen molar-refractivity contribution in [2.45, 2.75) is 49.2 Å². The summed E-state index contributed by atoms with van der Waals surface area (Å²) in [6.07, 6.45) is 2.55. The number of hydrogen-bond donors (Lipinski definition) is 8. The molecule has 2 aromatic heterocycles. The molecule has 27 nitrogen and oxygen atoms in total. The van der Waals surface area contributed by atoms with E-state index in [-0.39, 0.29) is 89.3 Å². The molecule has 1 fully saturated rings. The molecule has 1 aliphatic rings. The average Bonchev–Trinajstić information content (AvgIpc) is 3.96. The molecule has 1 aliphatic heterocycles. The third kappa shape index (κ3) is 20.5. The number of nitrogens with one attached hydrogen (secondary N) is 2. The van der Waals surface area contributed by atoms with E-state index >= 15 is 0 Å². The highest BCUT2D eigenvalue weighted by molar-refractivity contribution is 8.76. The van der Waals surface area contributed by atoms with E-state index in [1.54, 1.807) is 42.5 Å². The molecular formula is C44H58N7O20P3S4. The van der Waals surface area contributed by atoms with Gasteiger partial charge in [0, 0.05) is 35.3 Å². The zero-order valence-corrected chi connectivity index (χ0v) is 48.1. The van der Waals surface area contributed by atoms with Gasteiger partial charge in [0.15, 0.2) is 0 Å². The second-order valence-corrected chi connectivity index (χ2v) is 26.1. The number of phosphoric acid groups is 3. The van der Waals surface area contributed by atoms with E-state index in [1.165, 1.54) is 60.3 Å². The zero-order valence-electron chi connectivity index (χ0n) is 42.2. The average molecular weight is 1230 g/mol. The Morgan fingerprint density at radius 1 is 0.846 bits per heavy atom. The minimum Gasteiger partial charge on any atom is -0.460 e. The van der Waals surface area contributed by atoms with Crippen LogP contribution in [0.4, 0.5) is 11.5 Å². The Kier molecular flexibility index (Phi) is 25.9. The number of fused-ring (bicyclic) bond motifs is 1. The van der Waals surface area contributed by atoms with Crippen LogP contribution in [-0.4, -0.2) is 149 Å². The Balaban J connectivity index is 1.20. The lowest BCUT2D eigenvalue weighted by atomic mass is 10.0. The molecule has 1 saturated heterocycles. The van der Waals surface area contributed by atoms with E-state index in [0.717, 1.165) is 0 Å². The van der Waals surface area contributed by atoms with Gasteiger partial charge in [-0.2, -0.15) is 8.62 Å². The second-order valence-electron chi connectivity index (χ2n) is 16.1. The Morgan fingerprint density at radius 3 is 2.22 bits per heavy atom. The van der Waals surface area contributed by atoms with Crippen LogP contribution in [0.2, 0.25) is 0 Å². The molecule has 7 atom stereocenters. The van der Waals surface area contributed by atoms with Gasteiger partial charge < -0.3 is 74.7 Å². The van der Waals surface area contributed by atoms with Gasteiger partial charge in [-0.15, -0.1) is 0 Å². The first kappa shape index (κ1) is 64.7. The number of anilines is 2. The summed E-state index contributed by atoms with van der Waals surface area (Å²) in [5.41, 5.74) is 14.4. The van der Waals surface area contributed by atoms with Crippen LogP contribution in [-0.2, 0) is 64.9 Å².